The first kappa shape index (κ1) is 23.0. The summed E-state index contributed by atoms with van der Waals surface area (Å²) >= 11 is 6.16. The lowest BCUT2D eigenvalue weighted by atomic mass is 9.97. The van der Waals surface area contributed by atoms with Crippen molar-refractivity contribution in [1.29, 1.82) is 0 Å². The molecule has 0 bridgehead atoms. The van der Waals surface area contributed by atoms with Crippen LogP contribution in [0, 0.1) is 5.92 Å². The summed E-state index contributed by atoms with van der Waals surface area (Å²) in [5.74, 6) is 0.652. The van der Waals surface area contributed by atoms with Crippen molar-refractivity contribution in [3.63, 3.8) is 0 Å². The van der Waals surface area contributed by atoms with Gasteiger partial charge in [0.05, 0.1) is 30.1 Å². The van der Waals surface area contributed by atoms with E-state index in [-0.39, 0.29) is 23.3 Å². The number of benzene rings is 2. The number of carbonyl (C=O) groups is 1. The molecule has 2 rings (SSSR count). The minimum atomic E-state index is -3.70. The fraction of sp³-hybridized carbons (Fsp3) is 0.381. The molecule has 0 aliphatic rings. The number of halogens is 1. The summed E-state index contributed by atoms with van der Waals surface area (Å²) in [6.07, 6.45) is 1.77. The van der Waals surface area contributed by atoms with Gasteiger partial charge in [-0.2, -0.15) is 0 Å². The van der Waals surface area contributed by atoms with E-state index in [1.807, 2.05) is 24.3 Å². The number of anilines is 1. The number of carbonyl (C=O) groups excluding carboxylic acids is 1. The average Bonchev–Trinajstić information content (AvgIpc) is 2.65. The number of hydrogen-bond donors (Lipinski definition) is 1. The third-order valence-corrected chi connectivity index (χ3v) is 5.82. The Hall–Kier alpha value is -2.25. The Morgan fingerprint density at radius 2 is 1.76 bits per heavy atom. The molecule has 0 radical (unpaired) electrons. The van der Waals surface area contributed by atoms with Gasteiger partial charge in [-0.05, 0) is 42.2 Å². The zero-order chi connectivity index (χ0) is 21.6. The first-order valence-electron chi connectivity index (χ1n) is 9.27. The molecule has 158 valence electrons. The van der Waals surface area contributed by atoms with E-state index < -0.39 is 15.9 Å². The molecule has 8 heteroatoms. The summed E-state index contributed by atoms with van der Waals surface area (Å²) < 4.78 is 30.8. The number of hydrogen-bond acceptors (Lipinski definition) is 4. The minimum Gasteiger partial charge on any atom is -0.497 e. The molecule has 2 aromatic carbocycles. The molecule has 2 aromatic rings. The van der Waals surface area contributed by atoms with Gasteiger partial charge in [-0.15, -0.1) is 0 Å². The Bertz CT molecular complexity index is 930. The van der Waals surface area contributed by atoms with E-state index in [1.165, 1.54) is 0 Å². The molecule has 6 nitrogen and oxygen atoms in total. The van der Waals surface area contributed by atoms with Crippen LogP contribution in [-0.2, 0) is 14.8 Å². The largest absolute Gasteiger partial charge is 0.497 e. The van der Waals surface area contributed by atoms with Crippen molar-refractivity contribution in [3.05, 3.63) is 59.1 Å². The Morgan fingerprint density at radius 1 is 1.14 bits per heavy atom. The molecule has 1 N–H and O–H groups in total. The monoisotopic (exact) mass is 438 g/mol. The predicted octanol–water partition coefficient (Wildman–Crippen LogP) is 4.02. The molecule has 0 heterocycles. The summed E-state index contributed by atoms with van der Waals surface area (Å²) in [7, 11) is -2.10. The van der Waals surface area contributed by atoms with Crippen molar-refractivity contribution in [2.75, 3.05) is 24.2 Å². The van der Waals surface area contributed by atoms with Crippen LogP contribution in [0.3, 0.4) is 0 Å². The molecule has 1 amide bonds. The van der Waals surface area contributed by atoms with Crippen LogP contribution in [0.15, 0.2) is 48.5 Å². The fourth-order valence-electron chi connectivity index (χ4n) is 2.99. The van der Waals surface area contributed by atoms with Crippen LogP contribution in [0.5, 0.6) is 5.75 Å². The van der Waals surface area contributed by atoms with Crippen LogP contribution in [0.2, 0.25) is 5.02 Å². The Morgan fingerprint density at radius 3 is 2.28 bits per heavy atom. The second kappa shape index (κ2) is 9.98. The summed E-state index contributed by atoms with van der Waals surface area (Å²) in [4.78, 5) is 12.8. The first-order valence-corrected chi connectivity index (χ1v) is 11.5. The zero-order valence-corrected chi connectivity index (χ0v) is 18.6. The highest BCUT2D eigenvalue weighted by molar-refractivity contribution is 7.92. The maximum absolute atomic E-state index is 12.8. The Kier molecular flexibility index (Phi) is 7.93. The zero-order valence-electron chi connectivity index (χ0n) is 17.1. The number of amides is 1. The van der Waals surface area contributed by atoms with E-state index in [1.54, 1.807) is 31.4 Å². The molecular weight excluding hydrogens is 412 g/mol. The second-order valence-corrected chi connectivity index (χ2v) is 9.56. The summed E-state index contributed by atoms with van der Waals surface area (Å²) in [6, 6.07) is 13.8. The van der Waals surface area contributed by atoms with Crippen molar-refractivity contribution in [1.82, 2.24) is 5.32 Å². The number of sulfonamides is 1. The van der Waals surface area contributed by atoms with Gasteiger partial charge in [0.2, 0.25) is 15.9 Å². The Balaban J connectivity index is 2.23. The van der Waals surface area contributed by atoms with Crippen LogP contribution >= 0.6 is 11.6 Å². The van der Waals surface area contributed by atoms with Crippen LogP contribution in [0.1, 0.15) is 31.9 Å². The number of nitrogens with zero attached hydrogens (tertiary/aromatic N) is 1. The fourth-order valence-corrected chi connectivity index (χ4v) is 4.15. The number of para-hydroxylation sites is 1. The molecule has 0 spiro atoms. The molecule has 0 aliphatic carbocycles. The standard InChI is InChI=1S/C21H27ClN2O4S/c1-15(2)13-19(16-9-11-17(28-3)12-10-16)23-21(25)14-24(29(4,26)27)20-8-6-5-7-18(20)22/h5-12,15,19H,13-14H2,1-4H3,(H,23,25). The van der Waals surface area contributed by atoms with Gasteiger partial charge in [0.25, 0.3) is 0 Å². The van der Waals surface area contributed by atoms with Gasteiger partial charge in [0.15, 0.2) is 0 Å². The smallest absolute Gasteiger partial charge is 0.241 e. The van der Waals surface area contributed by atoms with E-state index >= 15 is 0 Å². The van der Waals surface area contributed by atoms with Crippen molar-refractivity contribution >= 4 is 33.2 Å². The topological polar surface area (TPSA) is 75.7 Å². The highest BCUT2D eigenvalue weighted by atomic mass is 35.5. The third kappa shape index (κ3) is 6.65. The van der Waals surface area contributed by atoms with E-state index in [2.05, 4.69) is 19.2 Å². The van der Waals surface area contributed by atoms with Crippen LogP contribution in [0.4, 0.5) is 5.69 Å². The van der Waals surface area contributed by atoms with Crippen molar-refractivity contribution in [2.45, 2.75) is 26.3 Å². The third-order valence-electron chi connectivity index (χ3n) is 4.37. The van der Waals surface area contributed by atoms with Crippen molar-refractivity contribution < 1.29 is 17.9 Å². The van der Waals surface area contributed by atoms with Crippen LogP contribution in [-0.4, -0.2) is 34.2 Å². The number of rotatable bonds is 9. The van der Waals surface area contributed by atoms with E-state index in [0.717, 1.165) is 21.9 Å². The molecule has 0 aliphatic heterocycles. The number of ether oxygens (including phenoxy) is 1. The molecule has 29 heavy (non-hydrogen) atoms. The SMILES string of the molecule is COc1ccc(C(CC(C)C)NC(=O)CN(c2ccccc2Cl)S(C)(=O)=O)cc1. The summed E-state index contributed by atoms with van der Waals surface area (Å²) in [6.45, 7) is 3.78. The molecule has 0 saturated heterocycles. The van der Waals surface area contributed by atoms with E-state index in [4.69, 9.17) is 16.3 Å². The normalized spacial score (nSPS) is 12.5. The van der Waals surface area contributed by atoms with Crippen LogP contribution < -0.4 is 14.4 Å². The van der Waals surface area contributed by atoms with Crippen LogP contribution in [0.25, 0.3) is 0 Å². The minimum absolute atomic E-state index is 0.249. The Labute approximate surface area is 177 Å². The van der Waals surface area contributed by atoms with Crippen molar-refractivity contribution in [3.8, 4) is 5.75 Å². The summed E-state index contributed by atoms with van der Waals surface area (Å²) in [5.41, 5.74) is 1.20. The van der Waals surface area contributed by atoms with Gasteiger partial charge >= 0.3 is 0 Å². The van der Waals surface area contributed by atoms with Gasteiger partial charge in [-0.25, -0.2) is 8.42 Å². The van der Waals surface area contributed by atoms with Crippen molar-refractivity contribution in [2.24, 2.45) is 5.92 Å². The molecule has 1 unspecified atom stereocenters. The molecule has 1 atom stereocenters. The first-order chi connectivity index (χ1) is 13.6. The van der Waals surface area contributed by atoms with Gasteiger partial charge in [-0.1, -0.05) is 49.7 Å². The molecular formula is C21H27ClN2O4S. The predicted molar refractivity (Wildman–Crippen MR) is 117 cm³/mol. The lowest BCUT2D eigenvalue weighted by Crippen LogP contribution is -2.42. The molecule has 0 fully saturated rings. The quantitative estimate of drug-likeness (QED) is 0.641. The number of methoxy groups -OCH3 is 1. The lowest BCUT2D eigenvalue weighted by molar-refractivity contribution is -0.120. The van der Waals surface area contributed by atoms with E-state index in [9.17, 15) is 13.2 Å². The second-order valence-electron chi connectivity index (χ2n) is 7.24. The highest BCUT2D eigenvalue weighted by Crippen LogP contribution is 2.28. The maximum atomic E-state index is 12.8. The number of nitrogens with one attached hydrogen (secondary N) is 1. The molecule has 0 aromatic heterocycles. The van der Waals surface area contributed by atoms with Gasteiger partial charge < -0.3 is 10.1 Å². The summed E-state index contributed by atoms with van der Waals surface area (Å²) in [5, 5.41) is 3.23. The highest BCUT2D eigenvalue weighted by Gasteiger charge is 2.24. The lowest BCUT2D eigenvalue weighted by Gasteiger charge is -2.26. The van der Waals surface area contributed by atoms with Gasteiger partial charge in [0.1, 0.15) is 12.3 Å². The molecule has 0 saturated carbocycles. The van der Waals surface area contributed by atoms with Gasteiger partial charge in [0, 0.05) is 0 Å². The van der Waals surface area contributed by atoms with E-state index in [0.29, 0.717) is 12.3 Å². The average molecular weight is 439 g/mol. The maximum Gasteiger partial charge on any atom is 0.241 e. The van der Waals surface area contributed by atoms with Gasteiger partial charge in [-0.3, -0.25) is 9.10 Å².